The quantitative estimate of drug-likeness (QED) is 0.370. The molecule has 1 heterocycles. The van der Waals surface area contributed by atoms with Crippen LogP contribution in [0.1, 0.15) is 20.7 Å². The predicted molar refractivity (Wildman–Crippen MR) is 108 cm³/mol. The summed E-state index contributed by atoms with van der Waals surface area (Å²) < 4.78 is 18.7. The van der Waals surface area contributed by atoms with Crippen LogP contribution in [-0.4, -0.2) is 28.9 Å². The fourth-order valence-corrected chi connectivity index (χ4v) is 2.35. The number of nitrogens with one attached hydrogen (secondary N) is 4. The topological polar surface area (TPSA) is 143 Å². The summed E-state index contributed by atoms with van der Waals surface area (Å²) in [4.78, 5) is 32.1. The van der Waals surface area contributed by atoms with E-state index in [2.05, 4.69) is 31.7 Å². The fraction of sp³-hybridized carbons (Fsp3) is 0.0526. The van der Waals surface area contributed by atoms with Gasteiger partial charge in [0.05, 0.1) is 12.7 Å². The highest BCUT2D eigenvalue weighted by molar-refractivity contribution is 5.96. The molecule has 0 fully saturated rings. The summed E-state index contributed by atoms with van der Waals surface area (Å²) in [6.07, 6.45) is 1.16. The number of rotatable bonds is 7. The molecule has 3 rings (SSSR count). The molecule has 0 aliphatic rings. The van der Waals surface area contributed by atoms with Crippen molar-refractivity contribution in [3.8, 4) is 5.75 Å². The molecular formula is C19H18FN7O3. The number of carbonyl (C=O) groups excluding carboxylic acids is 2. The maximum atomic E-state index is 13.7. The van der Waals surface area contributed by atoms with Gasteiger partial charge in [0, 0.05) is 5.56 Å². The number of hydrogen-bond acceptors (Lipinski definition) is 8. The minimum Gasteiger partial charge on any atom is -0.497 e. The number of hydrazine groups is 2. The Balaban J connectivity index is 1.62. The van der Waals surface area contributed by atoms with Crippen LogP contribution in [-0.2, 0) is 0 Å². The zero-order chi connectivity index (χ0) is 21.5. The molecule has 2 aromatic carbocycles. The van der Waals surface area contributed by atoms with E-state index in [-0.39, 0.29) is 22.9 Å². The first-order chi connectivity index (χ1) is 14.5. The normalized spacial score (nSPS) is 10.1. The predicted octanol–water partition coefficient (Wildman–Crippen LogP) is 1.72. The van der Waals surface area contributed by atoms with Gasteiger partial charge < -0.3 is 10.5 Å². The van der Waals surface area contributed by atoms with Crippen LogP contribution in [0.3, 0.4) is 0 Å². The Morgan fingerprint density at radius 2 is 1.53 bits per heavy atom. The molecule has 11 heteroatoms. The monoisotopic (exact) mass is 411 g/mol. The van der Waals surface area contributed by atoms with Crippen LogP contribution in [0, 0.1) is 5.82 Å². The fourth-order valence-electron chi connectivity index (χ4n) is 2.35. The van der Waals surface area contributed by atoms with E-state index in [0.717, 1.165) is 6.33 Å². The average molecular weight is 411 g/mol. The lowest BCUT2D eigenvalue weighted by Crippen LogP contribution is -2.32. The van der Waals surface area contributed by atoms with Crippen molar-refractivity contribution >= 4 is 29.1 Å². The molecule has 0 aliphatic heterocycles. The van der Waals surface area contributed by atoms with Gasteiger partial charge in [0.2, 0.25) is 0 Å². The summed E-state index contributed by atoms with van der Waals surface area (Å²) in [5.41, 5.74) is 16.0. The second-order valence-corrected chi connectivity index (χ2v) is 5.85. The van der Waals surface area contributed by atoms with Crippen molar-refractivity contribution in [1.29, 1.82) is 0 Å². The second kappa shape index (κ2) is 9.19. The summed E-state index contributed by atoms with van der Waals surface area (Å²) >= 11 is 0. The minimum absolute atomic E-state index is 0.0152. The van der Waals surface area contributed by atoms with Crippen molar-refractivity contribution in [3.63, 3.8) is 0 Å². The number of ether oxygens (including phenoxy) is 1. The zero-order valence-corrected chi connectivity index (χ0v) is 15.8. The van der Waals surface area contributed by atoms with Crippen LogP contribution in [0.2, 0.25) is 0 Å². The third-order valence-electron chi connectivity index (χ3n) is 3.94. The van der Waals surface area contributed by atoms with Crippen molar-refractivity contribution in [2.45, 2.75) is 0 Å². The van der Waals surface area contributed by atoms with Gasteiger partial charge in [0.25, 0.3) is 11.8 Å². The van der Waals surface area contributed by atoms with E-state index in [0.29, 0.717) is 11.3 Å². The van der Waals surface area contributed by atoms with Crippen molar-refractivity contribution in [1.82, 2.24) is 20.8 Å². The largest absolute Gasteiger partial charge is 0.497 e. The molecule has 0 atom stereocenters. The zero-order valence-electron chi connectivity index (χ0n) is 15.8. The molecule has 6 N–H and O–H groups in total. The van der Waals surface area contributed by atoms with Crippen LogP contribution in [0.25, 0.3) is 0 Å². The molecule has 0 aliphatic carbocycles. The van der Waals surface area contributed by atoms with E-state index in [4.69, 9.17) is 10.5 Å². The van der Waals surface area contributed by atoms with E-state index in [9.17, 15) is 14.0 Å². The molecule has 2 amide bonds. The maximum Gasteiger partial charge on any atom is 0.272 e. The number of anilines is 3. The first-order valence-corrected chi connectivity index (χ1v) is 8.61. The highest BCUT2D eigenvalue weighted by Gasteiger charge is 2.13. The van der Waals surface area contributed by atoms with Crippen molar-refractivity contribution in [2.24, 2.45) is 0 Å². The number of methoxy groups -OCH3 is 1. The van der Waals surface area contributed by atoms with Crippen LogP contribution in [0.15, 0.2) is 54.9 Å². The maximum absolute atomic E-state index is 13.7. The number of nitrogens with two attached hydrogens (primary N) is 1. The average Bonchev–Trinajstić information content (AvgIpc) is 2.77. The Morgan fingerprint density at radius 3 is 2.13 bits per heavy atom. The molecule has 0 radical (unpaired) electrons. The summed E-state index contributed by atoms with van der Waals surface area (Å²) in [5, 5.41) is 0. The van der Waals surface area contributed by atoms with Gasteiger partial charge in [-0.15, -0.1) is 0 Å². The van der Waals surface area contributed by atoms with Crippen molar-refractivity contribution in [2.75, 3.05) is 23.7 Å². The van der Waals surface area contributed by atoms with Gasteiger partial charge in [-0.2, -0.15) is 0 Å². The van der Waals surface area contributed by atoms with Crippen molar-refractivity contribution in [3.05, 3.63) is 71.8 Å². The lowest BCUT2D eigenvalue weighted by Gasteiger charge is -2.14. The third-order valence-corrected chi connectivity index (χ3v) is 3.94. The molecular weight excluding hydrogens is 393 g/mol. The number of halogens is 1. The second-order valence-electron chi connectivity index (χ2n) is 5.85. The number of carbonyl (C=O) groups is 2. The molecule has 154 valence electrons. The summed E-state index contributed by atoms with van der Waals surface area (Å²) in [5.74, 6) is -1.05. The number of aromatic nitrogens is 2. The Kier molecular flexibility index (Phi) is 6.23. The SMILES string of the molecule is COc1ccc(C(=O)NNc2ncnc(NNC(=O)c3ccccc3F)c2N)cc1. The van der Waals surface area contributed by atoms with E-state index in [1.54, 1.807) is 24.3 Å². The Bertz CT molecular complexity index is 1060. The highest BCUT2D eigenvalue weighted by atomic mass is 19.1. The van der Waals surface area contributed by atoms with E-state index in [1.165, 1.54) is 31.4 Å². The Morgan fingerprint density at radius 1 is 0.933 bits per heavy atom. The molecule has 0 bridgehead atoms. The third kappa shape index (κ3) is 4.70. The lowest BCUT2D eigenvalue weighted by atomic mass is 10.2. The van der Waals surface area contributed by atoms with Gasteiger partial charge in [-0.25, -0.2) is 14.4 Å². The molecule has 30 heavy (non-hydrogen) atoms. The van der Waals surface area contributed by atoms with Gasteiger partial charge >= 0.3 is 0 Å². The van der Waals surface area contributed by atoms with Gasteiger partial charge in [0.1, 0.15) is 23.6 Å². The van der Waals surface area contributed by atoms with E-state index < -0.39 is 17.6 Å². The summed E-state index contributed by atoms with van der Waals surface area (Å²) in [6.45, 7) is 0. The van der Waals surface area contributed by atoms with Gasteiger partial charge in [0.15, 0.2) is 11.6 Å². The number of nitrogens with zero attached hydrogens (tertiary/aromatic N) is 2. The van der Waals surface area contributed by atoms with Crippen LogP contribution in [0.4, 0.5) is 21.7 Å². The van der Waals surface area contributed by atoms with E-state index in [1.807, 2.05) is 0 Å². The summed E-state index contributed by atoms with van der Waals surface area (Å²) in [7, 11) is 1.53. The Labute approximate surface area is 170 Å². The molecule has 0 saturated carbocycles. The number of benzene rings is 2. The van der Waals surface area contributed by atoms with Crippen molar-refractivity contribution < 1.29 is 18.7 Å². The molecule has 0 unspecified atom stereocenters. The number of amides is 2. The lowest BCUT2D eigenvalue weighted by molar-refractivity contribution is 0.0952. The number of nitrogen functional groups attached to an aromatic ring is 1. The first-order valence-electron chi connectivity index (χ1n) is 8.61. The first kappa shape index (κ1) is 20.3. The number of hydrogen-bond donors (Lipinski definition) is 5. The summed E-state index contributed by atoms with van der Waals surface area (Å²) in [6, 6.07) is 12.0. The molecule has 0 saturated heterocycles. The minimum atomic E-state index is -0.714. The molecule has 3 aromatic rings. The van der Waals surface area contributed by atoms with Crippen LogP contribution in [0.5, 0.6) is 5.75 Å². The van der Waals surface area contributed by atoms with Gasteiger partial charge in [-0.3, -0.25) is 31.3 Å². The molecule has 10 nitrogen and oxygen atoms in total. The standard InChI is InChI=1S/C19H18FN7O3/c1-30-12-8-6-11(7-9-12)18(28)26-24-16-15(21)17(23-10-22-16)25-27-19(29)13-4-2-3-5-14(13)20/h2-10H,21H2,1H3,(H,26,28)(H,27,29)(H2,22,23,24,25). The highest BCUT2D eigenvalue weighted by Crippen LogP contribution is 2.21. The van der Waals surface area contributed by atoms with Gasteiger partial charge in [-0.1, -0.05) is 12.1 Å². The Hall–Kier alpha value is -4.41. The molecule has 0 spiro atoms. The van der Waals surface area contributed by atoms with Crippen LogP contribution >= 0.6 is 0 Å². The van der Waals surface area contributed by atoms with Gasteiger partial charge in [-0.05, 0) is 36.4 Å². The molecule has 1 aromatic heterocycles. The van der Waals surface area contributed by atoms with Crippen LogP contribution < -0.4 is 32.2 Å². The van der Waals surface area contributed by atoms with E-state index >= 15 is 0 Å². The smallest absolute Gasteiger partial charge is 0.272 e.